The summed E-state index contributed by atoms with van der Waals surface area (Å²) in [5.74, 6) is -2.27. The number of benzene rings is 2. The number of nitrogens with one attached hydrogen (secondary N) is 1. The number of primary amides is 1. The molecule has 31 heavy (non-hydrogen) atoms. The second-order valence-electron chi connectivity index (χ2n) is 7.38. The van der Waals surface area contributed by atoms with E-state index in [1.54, 1.807) is 37.3 Å². The number of hydrogen-bond acceptors (Lipinski definition) is 5. The molecule has 3 aromatic rings. The Morgan fingerprint density at radius 2 is 2.03 bits per heavy atom. The molecule has 3 N–H and O–H groups in total. The van der Waals surface area contributed by atoms with Crippen molar-refractivity contribution in [1.29, 1.82) is 0 Å². The van der Waals surface area contributed by atoms with Crippen LogP contribution in [-0.2, 0) is 16.0 Å². The van der Waals surface area contributed by atoms with Crippen LogP contribution in [0, 0.1) is 0 Å². The average Bonchev–Trinajstić information content (AvgIpc) is 2.72. The lowest BCUT2D eigenvalue weighted by Gasteiger charge is -2.33. The van der Waals surface area contributed by atoms with Gasteiger partial charge in [-0.1, -0.05) is 34.1 Å². The van der Waals surface area contributed by atoms with E-state index in [0.29, 0.717) is 29.4 Å². The molecule has 2 heterocycles. The third kappa shape index (κ3) is 3.59. The maximum Gasteiger partial charge on any atom is 0.338 e. The number of aryl methyl sites for hydroxylation is 1. The van der Waals surface area contributed by atoms with Gasteiger partial charge in [0.05, 0.1) is 35.2 Å². The molecule has 0 aliphatic carbocycles. The van der Waals surface area contributed by atoms with Gasteiger partial charge in [0.1, 0.15) is 0 Å². The van der Waals surface area contributed by atoms with E-state index >= 15 is 0 Å². The zero-order chi connectivity index (χ0) is 22.3. The molecule has 1 aromatic heterocycles. The number of halogens is 1. The third-order valence-electron chi connectivity index (χ3n) is 5.58. The summed E-state index contributed by atoms with van der Waals surface area (Å²) < 4.78 is 7.27. The molecule has 2 aromatic carbocycles. The van der Waals surface area contributed by atoms with Crippen molar-refractivity contribution in [3.63, 3.8) is 0 Å². The summed E-state index contributed by atoms with van der Waals surface area (Å²) in [4.78, 5) is 53.1. The van der Waals surface area contributed by atoms with Crippen LogP contribution in [0.2, 0.25) is 0 Å². The summed E-state index contributed by atoms with van der Waals surface area (Å²) in [6.07, 6.45) is 0.962. The molecule has 2 unspecified atom stereocenters. The Morgan fingerprint density at radius 1 is 1.29 bits per heavy atom. The van der Waals surface area contributed by atoms with Crippen molar-refractivity contribution >= 4 is 38.8 Å². The van der Waals surface area contributed by atoms with E-state index < -0.39 is 35.0 Å². The van der Waals surface area contributed by atoms with Crippen LogP contribution in [0.25, 0.3) is 11.0 Å². The summed E-state index contributed by atoms with van der Waals surface area (Å²) >= 11 is 3.43. The van der Waals surface area contributed by atoms with Gasteiger partial charge in [-0.05, 0) is 49.1 Å². The summed E-state index contributed by atoms with van der Waals surface area (Å²) in [7, 11) is 0. The van der Waals surface area contributed by atoms with Crippen LogP contribution < -0.4 is 16.9 Å². The van der Waals surface area contributed by atoms with E-state index in [4.69, 9.17) is 10.5 Å². The Bertz CT molecular complexity index is 1330. The molecule has 0 saturated heterocycles. The quantitative estimate of drug-likeness (QED) is 0.424. The molecule has 8 nitrogen and oxygen atoms in total. The lowest BCUT2D eigenvalue weighted by molar-refractivity contribution is -0.120. The number of esters is 1. The minimum Gasteiger partial charge on any atom is -0.462 e. The van der Waals surface area contributed by atoms with Crippen LogP contribution in [-0.4, -0.2) is 28.0 Å². The number of nitrogens with zero attached hydrogens (tertiary/aromatic N) is 1. The first kappa shape index (κ1) is 21.0. The number of carbonyl (C=O) groups excluding carboxylic acids is 2. The predicted octanol–water partition coefficient (Wildman–Crippen LogP) is 2.39. The van der Waals surface area contributed by atoms with Gasteiger partial charge in [0.15, 0.2) is 0 Å². The SMILES string of the molecule is CCOC(=O)c1ccccc1C(C(N)=O)C1CCc2cc(Br)cc3[nH]c(=O)c(=O)n1c23. The molecule has 0 saturated carbocycles. The van der Waals surface area contributed by atoms with Gasteiger partial charge in [0.2, 0.25) is 5.91 Å². The van der Waals surface area contributed by atoms with E-state index in [2.05, 4.69) is 20.9 Å². The van der Waals surface area contributed by atoms with Crippen molar-refractivity contribution in [1.82, 2.24) is 9.55 Å². The second-order valence-corrected chi connectivity index (χ2v) is 8.30. The Morgan fingerprint density at radius 3 is 2.74 bits per heavy atom. The number of amides is 1. The minimum absolute atomic E-state index is 0.175. The molecule has 0 spiro atoms. The van der Waals surface area contributed by atoms with Gasteiger partial charge in [0.25, 0.3) is 0 Å². The Kier molecular flexibility index (Phi) is 5.53. The van der Waals surface area contributed by atoms with Crippen LogP contribution in [0.4, 0.5) is 0 Å². The van der Waals surface area contributed by atoms with Crippen molar-refractivity contribution in [2.24, 2.45) is 5.73 Å². The average molecular weight is 486 g/mol. The highest BCUT2D eigenvalue weighted by Crippen LogP contribution is 2.39. The predicted molar refractivity (Wildman–Crippen MR) is 118 cm³/mol. The van der Waals surface area contributed by atoms with Crippen LogP contribution in [0.1, 0.15) is 46.8 Å². The minimum atomic E-state index is -1.000. The number of hydrogen-bond donors (Lipinski definition) is 2. The zero-order valence-corrected chi connectivity index (χ0v) is 18.3. The second kappa shape index (κ2) is 8.14. The van der Waals surface area contributed by atoms with Gasteiger partial charge in [-0.25, -0.2) is 4.79 Å². The highest BCUT2D eigenvalue weighted by Gasteiger charge is 2.37. The molecule has 0 bridgehead atoms. The molecule has 0 radical (unpaired) electrons. The topological polar surface area (TPSA) is 124 Å². The number of aromatic nitrogens is 2. The number of nitrogens with two attached hydrogens (primary N) is 1. The third-order valence-corrected chi connectivity index (χ3v) is 6.04. The molecule has 1 aliphatic rings. The van der Waals surface area contributed by atoms with Crippen molar-refractivity contribution in [3.8, 4) is 0 Å². The molecular weight excluding hydrogens is 466 g/mol. The van der Waals surface area contributed by atoms with Crippen LogP contribution in [0.15, 0.2) is 50.5 Å². The number of H-pyrrole nitrogens is 1. The Balaban J connectivity index is 1.98. The van der Waals surface area contributed by atoms with Crippen molar-refractivity contribution in [3.05, 3.63) is 78.3 Å². The normalized spacial score (nSPS) is 16.1. The number of ether oxygens (including phenoxy) is 1. The maximum absolute atomic E-state index is 12.9. The van der Waals surface area contributed by atoms with E-state index in [1.165, 1.54) is 4.57 Å². The van der Waals surface area contributed by atoms with E-state index in [9.17, 15) is 19.2 Å². The van der Waals surface area contributed by atoms with Crippen molar-refractivity contribution < 1.29 is 14.3 Å². The van der Waals surface area contributed by atoms with Gasteiger partial charge in [-0.15, -0.1) is 0 Å². The lowest BCUT2D eigenvalue weighted by atomic mass is 9.82. The summed E-state index contributed by atoms with van der Waals surface area (Å²) in [6, 6.07) is 9.43. The van der Waals surface area contributed by atoms with Gasteiger partial charge in [-0.3, -0.25) is 19.0 Å². The molecular formula is C22H20BrN3O5. The molecule has 1 aliphatic heterocycles. The molecule has 9 heteroatoms. The standard InChI is InChI=1S/C22H20BrN3O5/c1-2-31-22(30)14-6-4-3-5-13(14)17(19(24)27)16-8-7-11-9-12(23)10-15-18(11)26(16)21(29)20(28)25-15/h3-6,9-10,16-17H,2,7-8H2,1H3,(H2,24,27)(H,25,28). The van der Waals surface area contributed by atoms with Crippen molar-refractivity contribution in [2.75, 3.05) is 6.61 Å². The first-order valence-corrected chi connectivity index (χ1v) is 10.6. The molecule has 2 atom stereocenters. The number of aromatic amines is 1. The lowest BCUT2D eigenvalue weighted by Crippen LogP contribution is -2.44. The monoisotopic (exact) mass is 485 g/mol. The number of carbonyl (C=O) groups is 2. The molecule has 160 valence electrons. The van der Waals surface area contributed by atoms with Gasteiger partial charge in [-0.2, -0.15) is 0 Å². The fraction of sp³-hybridized carbons (Fsp3) is 0.273. The number of rotatable bonds is 5. The zero-order valence-electron chi connectivity index (χ0n) is 16.7. The maximum atomic E-state index is 12.9. The van der Waals surface area contributed by atoms with Crippen LogP contribution in [0.3, 0.4) is 0 Å². The van der Waals surface area contributed by atoms with E-state index in [0.717, 1.165) is 10.0 Å². The summed E-state index contributed by atoms with van der Waals surface area (Å²) in [5, 5.41) is 0. The highest BCUT2D eigenvalue weighted by atomic mass is 79.9. The fourth-order valence-electron chi connectivity index (χ4n) is 4.39. The Labute approximate surface area is 185 Å². The largest absolute Gasteiger partial charge is 0.462 e. The van der Waals surface area contributed by atoms with Gasteiger partial charge < -0.3 is 15.5 Å². The fourth-order valence-corrected chi connectivity index (χ4v) is 4.90. The summed E-state index contributed by atoms with van der Waals surface area (Å²) in [6.45, 7) is 1.86. The van der Waals surface area contributed by atoms with Crippen LogP contribution >= 0.6 is 15.9 Å². The van der Waals surface area contributed by atoms with Crippen molar-refractivity contribution in [2.45, 2.75) is 31.7 Å². The first-order valence-electron chi connectivity index (χ1n) is 9.85. The molecule has 1 amide bonds. The summed E-state index contributed by atoms with van der Waals surface area (Å²) in [5.41, 5.74) is 6.76. The molecule has 0 fully saturated rings. The molecule has 4 rings (SSSR count). The Hall–Kier alpha value is -3.20. The van der Waals surface area contributed by atoms with Gasteiger partial charge >= 0.3 is 17.1 Å². The smallest absolute Gasteiger partial charge is 0.338 e. The first-order chi connectivity index (χ1) is 14.8. The van der Waals surface area contributed by atoms with E-state index in [1.807, 2.05) is 6.07 Å². The van der Waals surface area contributed by atoms with E-state index in [-0.39, 0.29) is 12.2 Å². The van der Waals surface area contributed by atoms with Gasteiger partial charge in [0, 0.05) is 4.47 Å². The van der Waals surface area contributed by atoms with Crippen LogP contribution in [0.5, 0.6) is 0 Å². The highest BCUT2D eigenvalue weighted by molar-refractivity contribution is 9.10.